The number of hydrogen-bond acceptors (Lipinski definition) is 3. The molecule has 0 bridgehead atoms. The van der Waals surface area contributed by atoms with E-state index < -0.39 is 5.97 Å². The van der Waals surface area contributed by atoms with Crippen LogP contribution < -0.4 is 0 Å². The lowest BCUT2D eigenvalue weighted by Gasteiger charge is -1.98. The lowest BCUT2D eigenvalue weighted by atomic mass is 10.1. The molecule has 0 unspecified atom stereocenters. The maximum Gasteiger partial charge on any atom is 0.334 e. The van der Waals surface area contributed by atoms with E-state index in [1.165, 1.54) is 13.2 Å². The Labute approximate surface area is 111 Å². The Bertz CT molecular complexity index is 585. The van der Waals surface area contributed by atoms with Crippen LogP contribution in [0.4, 0.5) is 0 Å². The number of allylic oxidation sites excluding steroid dienone is 1. The van der Waals surface area contributed by atoms with Crippen LogP contribution in [0.25, 0.3) is 10.4 Å². The number of azide groups is 1. The van der Waals surface area contributed by atoms with Gasteiger partial charge in [-0.2, -0.15) is 0 Å². The van der Waals surface area contributed by atoms with Gasteiger partial charge in [0, 0.05) is 10.5 Å². The van der Waals surface area contributed by atoms with E-state index in [-0.39, 0.29) is 12.1 Å². The van der Waals surface area contributed by atoms with E-state index in [0.29, 0.717) is 0 Å². The van der Waals surface area contributed by atoms with Crippen molar-refractivity contribution in [3.63, 3.8) is 0 Å². The first kappa shape index (κ1) is 14.4. The van der Waals surface area contributed by atoms with Crippen molar-refractivity contribution >= 4 is 5.97 Å². The summed E-state index contributed by atoms with van der Waals surface area (Å²) in [6, 6.07) is 7.69. The number of carbonyl (C=O) groups excluding carboxylic acids is 1. The maximum atomic E-state index is 11.4. The quantitative estimate of drug-likeness (QED) is 0.208. The van der Waals surface area contributed by atoms with Crippen LogP contribution in [-0.2, 0) is 9.53 Å². The first-order valence-electron chi connectivity index (χ1n) is 5.53. The molecule has 5 heteroatoms. The molecule has 96 valence electrons. The topological polar surface area (TPSA) is 75.1 Å². The van der Waals surface area contributed by atoms with Crippen molar-refractivity contribution in [3.05, 3.63) is 57.5 Å². The number of methoxy groups -OCH3 is 1. The molecule has 0 heterocycles. The highest BCUT2D eigenvalue weighted by Gasteiger charge is 2.06. The van der Waals surface area contributed by atoms with Gasteiger partial charge in [0.2, 0.25) is 0 Å². The van der Waals surface area contributed by atoms with Crippen LogP contribution in [0, 0.1) is 18.8 Å². The van der Waals surface area contributed by atoms with Crippen molar-refractivity contribution in [2.24, 2.45) is 5.11 Å². The molecule has 19 heavy (non-hydrogen) atoms. The predicted octanol–water partition coefficient (Wildman–Crippen LogP) is 2.76. The highest BCUT2D eigenvalue weighted by atomic mass is 16.5. The second-order valence-corrected chi connectivity index (χ2v) is 3.69. The Morgan fingerprint density at radius 2 is 2.16 bits per heavy atom. The summed E-state index contributed by atoms with van der Waals surface area (Å²) in [6.07, 6.45) is 1.40. The van der Waals surface area contributed by atoms with E-state index in [1.54, 1.807) is 0 Å². The summed E-state index contributed by atoms with van der Waals surface area (Å²) in [5.74, 6) is 5.09. The van der Waals surface area contributed by atoms with Gasteiger partial charge in [-0.1, -0.05) is 34.7 Å². The molecular weight excluding hydrogens is 242 g/mol. The number of rotatable bonds is 3. The molecule has 0 aliphatic heterocycles. The minimum absolute atomic E-state index is 0.0776. The summed E-state index contributed by atoms with van der Waals surface area (Å²) < 4.78 is 4.57. The van der Waals surface area contributed by atoms with Gasteiger partial charge in [-0.3, -0.25) is 0 Å². The highest BCUT2D eigenvalue weighted by Crippen LogP contribution is 2.02. The number of benzene rings is 1. The van der Waals surface area contributed by atoms with Crippen LogP contribution in [0.2, 0.25) is 0 Å². The second-order valence-electron chi connectivity index (χ2n) is 3.69. The Balaban J connectivity index is 2.88. The van der Waals surface area contributed by atoms with Crippen LogP contribution in [-0.4, -0.2) is 19.6 Å². The van der Waals surface area contributed by atoms with Crippen LogP contribution in [0.3, 0.4) is 0 Å². The maximum absolute atomic E-state index is 11.4. The molecule has 0 saturated heterocycles. The van der Waals surface area contributed by atoms with Crippen LogP contribution >= 0.6 is 0 Å². The third-order valence-electron chi connectivity index (χ3n) is 2.27. The summed E-state index contributed by atoms with van der Waals surface area (Å²) in [4.78, 5) is 14.0. The number of esters is 1. The number of aryl methyl sites for hydroxylation is 1. The molecule has 0 fully saturated rings. The van der Waals surface area contributed by atoms with Crippen LogP contribution in [0.1, 0.15) is 11.1 Å². The fourth-order valence-corrected chi connectivity index (χ4v) is 1.25. The van der Waals surface area contributed by atoms with E-state index in [1.807, 2.05) is 31.2 Å². The number of ether oxygens (including phenoxy) is 1. The summed E-state index contributed by atoms with van der Waals surface area (Å²) >= 11 is 0. The molecule has 1 rings (SSSR count). The Morgan fingerprint density at radius 1 is 1.47 bits per heavy atom. The average molecular weight is 255 g/mol. The van der Waals surface area contributed by atoms with Gasteiger partial charge in [-0.15, -0.1) is 0 Å². The third-order valence-corrected chi connectivity index (χ3v) is 2.27. The van der Waals surface area contributed by atoms with E-state index in [0.717, 1.165) is 11.1 Å². The van der Waals surface area contributed by atoms with Crippen LogP contribution in [0.15, 0.2) is 41.0 Å². The highest BCUT2D eigenvalue weighted by molar-refractivity contribution is 5.89. The van der Waals surface area contributed by atoms with E-state index in [2.05, 4.69) is 26.6 Å². The molecule has 5 nitrogen and oxygen atoms in total. The Morgan fingerprint density at radius 3 is 2.74 bits per heavy atom. The standard InChI is InChI=1S/C14H13N3O2/c1-11-6-8-12(9-7-11)4-3-5-13(10-16-17-15)14(18)19-2/h5-9H,10H2,1-2H3/b13-5+. The number of nitrogens with zero attached hydrogens (tertiary/aromatic N) is 3. The zero-order valence-electron chi connectivity index (χ0n) is 10.8. The molecule has 0 aliphatic rings. The second kappa shape index (κ2) is 7.59. The molecule has 0 amide bonds. The van der Waals surface area contributed by atoms with Crippen molar-refractivity contribution in [1.82, 2.24) is 0 Å². The number of hydrogen-bond donors (Lipinski definition) is 0. The van der Waals surface area contributed by atoms with Crippen LogP contribution in [0.5, 0.6) is 0 Å². The van der Waals surface area contributed by atoms with Gasteiger partial charge in [-0.05, 0) is 30.7 Å². The third kappa shape index (κ3) is 4.99. The van der Waals surface area contributed by atoms with Crippen molar-refractivity contribution in [2.45, 2.75) is 6.92 Å². The van der Waals surface area contributed by atoms with Gasteiger partial charge in [0.25, 0.3) is 0 Å². The summed E-state index contributed by atoms with van der Waals surface area (Å²) in [7, 11) is 1.26. The zero-order valence-corrected chi connectivity index (χ0v) is 10.8. The SMILES string of the molecule is COC(=O)/C(=C/C#Cc1ccc(C)cc1)CN=[N+]=[N-]. The van der Waals surface area contributed by atoms with E-state index >= 15 is 0 Å². The smallest absolute Gasteiger partial charge is 0.334 e. The van der Waals surface area contributed by atoms with Gasteiger partial charge in [0.05, 0.1) is 19.2 Å². The minimum atomic E-state index is -0.550. The molecule has 0 N–H and O–H groups in total. The fourth-order valence-electron chi connectivity index (χ4n) is 1.25. The predicted molar refractivity (Wildman–Crippen MR) is 72.2 cm³/mol. The molecule has 1 aromatic carbocycles. The lowest BCUT2D eigenvalue weighted by Crippen LogP contribution is -2.06. The molecule has 0 saturated carbocycles. The van der Waals surface area contributed by atoms with E-state index in [9.17, 15) is 4.79 Å². The Kier molecular flexibility index (Phi) is 5.74. The monoisotopic (exact) mass is 255 g/mol. The van der Waals surface area contributed by atoms with Gasteiger partial charge >= 0.3 is 5.97 Å². The molecule has 0 radical (unpaired) electrons. The van der Waals surface area contributed by atoms with Crippen molar-refractivity contribution < 1.29 is 9.53 Å². The van der Waals surface area contributed by atoms with Gasteiger partial charge in [0.15, 0.2) is 0 Å². The van der Waals surface area contributed by atoms with Gasteiger partial charge in [0.1, 0.15) is 0 Å². The molecule has 0 aromatic heterocycles. The van der Waals surface area contributed by atoms with Gasteiger partial charge in [-0.25, -0.2) is 4.79 Å². The van der Waals surface area contributed by atoms with Crippen molar-refractivity contribution in [3.8, 4) is 11.8 Å². The number of carbonyl (C=O) groups is 1. The fraction of sp³-hybridized carbons (Fsp3) is 0.214. The first-order chi connectivity index (χ1) is 9.17. The van der Waals surface area contributed by atoms with E-state index in [4.69, 9.17) is 5.53 Å². The molecule has 0 aliphatic carbocycles. The minimum Gasteiger partial charge on any atom is -0.466 e. The molecule has 0 atom stereocenters. The molecule has 1 aromatic rings. The summed E-state index contributed by atoms with van der Waals surface area (Å²) in [5.41, 5.74) is 10.5. The zero-order chi connectivity index (χ0) is 14.1. The van der Waals surface area contributed by atoms with Crippen molar-refractivity contribution in [2.75, 3.05) is 13.7 Å². The first-order valence-corrected chi connectivity index (χ1v) is 5.53. The summed E-state index contributed by atoms with van der Waals surface area (Å²) in [5, 5.41) is 3.32. The molecule has 0 spiro atoms. The average Bonchev–Trinajstić information content (AvgIpc) is 2.43. The Hall–Kier alpha value is -2.70. The lowest BCUT2D eigenvalue weighted by molar-refractivity contribution is -0.136. The normalized spacial score (nSPS) is 9.89. The largest absolute Gasteiger partial charge is 0.466 e. The molecular formula is C14H13N3O2. The van der Waals surface area contributed by atoms with Crippen molar-refractivity contribution in [1.29, 1.82) is 0 Å². The van der Waals surface area contributed by atoms with Gasteiger partial charge < -0.3 is 4.74 Å². The summed E-state index contributed by atoms with van der Waals surface area (Å²) in [6.45, 7) is 1.91.